The molecule has 2 nitrogen and oxygen atoms in total. The predicted octanol–water partition coefficient (Wildman–Crippen LogP) is 7.11. The van der Waals surface area contributed by atoms with Crippen LogP contribution in [0.15, 0.2) is 24.3 Å². The number of ether oxygens (including phenoxy) is 1. The highest BCUT2D eigenvalue weighted by molar-refractivity contribution is 9.09. The third kappa shape index (κ3) is 5.98. The normalized spacial score (nSPS) is 23.2. The van der Waals surface area contributed by atoms with Gasteiger partial charge in [-0.3, -0.25) is 0 Å². The van der Waals surface area contributed by atoms with Crippen LogP contribution in [0.3, 0.4) is 0 Å². The van der Waals surface area contributed by atoms with E-state index in [1.165, 1.54) is 6.07 Å². The summed E-state index contributed by atoms with van der Waals surface area (Å²) in [5.41, 5.74) is -0.670. The van der Waals surface area contributed by atoms with Crippen molar-refractivity contribution in [3.05, 3.63) is 69.8 Å². The van der Waals surface area contributed by atoms with E-state index in [0.29, 0.717) is 24.0 Å². The number of hydrogen-bond acceptors (Lipinski definition) is 2. The predicted molar refractivity (Wildman–Crippen MR) is 125 cm³/mol. The van der Waals surface area contributed by atoms with Gasteiger partial charge in [0.15, 0.2) is 23.3 Å². The van der Waals surface area contributed by atoms with Crippen molar-refractivity contribution < 1.29 is 27.4 Å². The van der Waals surface area contributed by atoms with E-state index < -0.39 is 33.7 Å². The highest BCUT2D eigenvalue weighted by Gasteiger charge is 2.45. The fourth-order valence-electron chi connectivity index (χ4n) is 4.53. The molecule has 3 atom stereocenters. The summed E-state index contributed by atoms with van der Waals surface area (Å²) < 4.78 is 63.7. The van der Waals surface area contributed by atoms with E-state index >= 15 is 0 Å². The van der Waals surface area contributed by atoms with Crippen LogP contribution in [0.1, 0.15) is 74.6 Å². The van der Waals surface area contributed by atoms with Gasteiger partial charge in [-0.1, -0.05) is 55.1 Å². The highest BCUT2D eigenvalue weighted by atomic mass is 79.9. The first-order valence-electron chi connectivity index (χ1n) is 11.6. The van der Waals surface area contributed by atoms with Crippen LogP contribution in [-0.2, 0) is 23.2 Å². The summed E-state index contributed by atoms with van der Waals surface area (Å²) >= 11 is 3.38. The lowest BCUT2D eigenvalue weighted by atomic mass is 9.81. The van der Waals surface area contributed by atoms with Gasteiger partial charge in [0.2, 0.25) is 0 Å². The zero-order valence-corrected chi connectivity index (χ0v) is 20.7. The smallest absolute Gasteiger partial charge is 0.164 e. The number of hydrogen-bond donors (Lipinski definition) is 1. The topological polar surface area (TPSA) is 29.5 Å². The Morgan fingerprint density at radius 3 is 2.30 bits per heavy atom. The fraction of sp³-hybridized carbons (Fsp3) is 0.538. The monoisotopic (exact) mass is 530 g/mol. The van der Waals surface area contributed by atoms with Crippen molar-refractivity contribution in [1.82, 2.24) is 0 Å². The summed E-state index contributed by atoms with van der Waals surface area (Å²) in [4.78, 5) is -0.615. The molecule has 0 radical (unpaired) electrons. The molecule has 3 unspecified atom stereocenters. The quantitative estimate of drug-likeness (QED) is 0.212. The molecular formula is C26H31BrF4O2. The molecule has 1 aliphatic rings. The first-order valence-corrected chi connectivity index (χ1v) is 12.5. The van der Waals surface area contributed by atoms with Crippen molar-refractivity contribution in [1.29, 1.82) is 0 Å². The Balaban J connectivity index is 1.93. The summed E-state index contributed by atoms with van der Waals surface area (Å²) in [5, 5.41) is 11.4. The largest absolute Gasteiger partial charge is 0.384 e. The molecule has 0 bridgehead atoms. The Labute approximate surface area is 201 Å². The Kier molecular flexibility index (Phi) is 8.98. The second-order valence-corrected chi connectivity index (χ2v) is 10.1. The van der Waals surface area contributed by atoms with Gasteiger partial charge in [0.05, 0.1) is 17.5 Å². The van der Waals surface area contributed by atoms with Crippen molar-refractivity contribution in [2.75, 3.05) is 6.61 Å². The molecular weight excluding hydrogens is 500 g/mol. The molecule has 1 aliphatic heterocycles. The molecule has 2 aromatic carbocycles. The van der Waals surface area contributed by atoms with Crippen LogP contribution in [-0.4, -0.2) is 22.6 Å². The van der Waals surface area contributed by atoms with Crippen molar-refractivity contribution in [2.24, 2.45) is 0 Å². The van der Waals surface area contributed by atoms with Crippen LogP contribution in [0.4, 0.5) is 17.6 Å². The molecule has 7 heteroatoms. The number of rotatable bonds is 9. The van der Waals surface area contributed by atoms with E-state index in [0.717, 1.165) is 37.8 Å². The van der Waals surface area contributed by atoms with Gasteiger partial charge in [0, 0.05) is 12.0 Å². The molecule has 1 N–H and O–H groups in total. The van der Waals surface area contributed by atoms with Crippen LogP contribution in [0, 0.1) is 23.3 Å². The molecule has 0 aliphatic carbocycles. The lowest BCUT2D eigenvalue weighted by molar-refractivity contribution is -0.104. The second kappa shape index (κ2) is 11.3. The van der Waals surface area contributed by atoms with Gasteiger partial charge in [-0.25, -0.2) is 17.6 Å². The van der Waals surface area contributed by atoms with Gasteiger partial charge in [0.1, 0.15) is 5.60 Å². The number of aryl methyl sites for hydroxylation is 1. The van der Waals surface area contributed by atoms with Crippen LogP contribution in [0.5, 0.6) is 0 Å². The minimum Gasteiger partial charge on any atom is -0.384 e. The number of benzene rings is 2. The molecule has 0 spiro atoms. The lowest BCUT2D eigenvalue weighted by Gasteiger charge is -2.41. The third-order valence-electron chi connectivity index (χ3n) is 6.32. The molecule has 1 fully saturated rings. The minimum absolute atomic E-state index is 0.0834. The average molecular weight is 531 g/mol. The molecule has 2 aromatic rings. The molecule has 3 rings (SSSR count). The highest BCUT2D eigenvalue weighted by Crippen LogP contribution is 2.42. The van der Waals surface area contributed by atoms with E-state index in [1.807, 2.05) is 13.8 Å². The van der Waals surface area contributed by atoms with Crippen LogP contribution in [0.25, 0.3) is 0 Å². The summed E-state index contributed by atoms with van der Waals surface area (Å²) in [7, 11) is 0. The maximum atomic E-state index is 14.9. The van der Waals surface area contributed by atoms with Gasteiger partial charge in [-0.05, 0) is 60.6 Å². The standard InChI is InChI=1S/C26H31BrF4O2/c1-3-5-6-8-18-10-16(12-21(28)24(18)30)9-17-11-20(25(31)22(29)13-17)26(32)14-19(7-4-2)33-15-23(26)27/h10-13,19,23,32H,3-9,14-15H2,1-2H3. The maximum absolute atomic E-state index is 14.9. The Hall–Kier alpha value is -1.44. The Morgan fingerprint density at radius 1 is 0.970 bits per heavy atom. The van der Waals surface area contributed by atoms with E-state index in [4.69, 9.17) is 4.74 Å². The van der Waals surface area contributed by atoms with Crippen molar-refractivity contribution in [3.8, 4) is 0 Å². The Morgan fingerprint density at radius 2 is 1.64 bits per heavy atom. The first kappa shape index (κ1) is 26.2. The SMILES string of the molecule is CCCCCc1cc(Cc2cc(F)c(F)c(C3(O)CC(CCC)OCC3Br)c2)cc(F)c1F. The van der Waals surface area contributed by atoms with Crippen molar-refractivity contribution in [3.63, 3.8) is 0 Å². The van der Waals surface area contributed by atoms with Crippen molar-refractivity contribution >= 4 is 15.9 Å². The van der Waals surface area contributed by atoms with Gasteiger partial charge < -0.3 is 9.84 Å². The maximum Gasteiger partial charge on any atom is 0.164 e. The molecule has 0 amide bonds. The summed E-state index contributed by atoms with van der Waals surface area (Å²) in [5.74, 6) is -4.00. The summed E-state index contributed by atoms with van der Waals surface area (Å²) in [6, 6.07) is 5.15. The van der Waals surface area contributed by atoms with E-state index in [1.54, 1.807) is 6.07 Å². The van der Waals surface area contributed by atoms with Crippen molar-refractivity contribution in [2.45, 2.75) is 81.7 Å². The summed E-state index contributed by atoms with van der Waals surface area (Å²) in [6.45, 7) is 4.18. The average Bonchev–Trinajstić information content (AvgIpc) is 2.77. The molecule has 0 saturated carbocycles. The van der Waals surface area contributed by atoms with E-state index in [-0.39, 0.29) is 36.7 Å². The zero-order chi connectivity index (χ0) is 24.2. The molecule has 0 aromatic heterocycles. The molecule has 1 saturated heterocycles. The second-order valence-electron chi connectivity index (χ2n) is 8.96. The number of halogens is 5. The van der Waals surface area contributed by atoms with Crippen LogP contribution >= 0.6 is 15.9 Å². The van der Waals surface area contributed by atoms with Gasteiger partial charge in [-0.15, -0.1) is 0 Å². The third-order valence-corrected chi connectivity index (χ3v) is 7.34. The van der Waals surface area contributed by atoms with Crippen LogP contribution in [0.2, 0.25) is 0 Å². The molecule has 182 valence electrons. The van der Waals surface area contributed by atoms with Gasteiger partial charge in [-0.2, -0.15) is 0 Å². The lowest BCUT2D eigenvalue weighted by Crippen LogP contribution is -2.48. The fourth-order valence-corrected chi connectivity index (χ4v) is 5.12. The number of aliphatic hydroxyl groups is 1. The van der Waals surface area contributed by atoms with Crippen LogP contribution < -0.4 is 0 Å². The zero-order valence-electron chi connectivity index (χ0n) is 19.1. The van der Waals surface area contributed by atoms with Gasteiger partial charge in [0.25, 0.3) is 0 Å². The van der Waals surface area contributed by atoms with E-state index in [9.17, 15) is 22.7 Å². The van der Waals surface area contributed by atoms with E-state index in [2.05, 4.69) is 15.9 Å². The number of unbranched alkanes of at least 4 members (excludes halogenated alkanes) is 2. The number of alkyl halides is 1. The molecule has 1 heterocycles. The summed E-state index contributed by atoms with van der Waals surface area (Å²) in [6.07, 6.45) is 4.50. The minimum atomic E-state index is -1.65. The first-order chi connectivity index (χ1) is 15.7. The Bertz CT molecular complexity index is 968. The van der Waals surface area contributed by atoms with Gasteiger partial charge >= 0.3 is 0 Å². The molecule has 33 heavy (non-hydrogen) atoms.